The molecule has 0 aliphatic heterocycles. The van der Waals surface area contributed by atoms with E-state index in [4.69, 9.17) is 5.73 Å². The molecule has 6 heteroatoms. The number of hydrogen-bond acceptors (Lipinski definition) is 4. The Hall–Kier alpha value is -2.11. The zero-order chi connectivity index (χ0) is 15.5. The highest BCUT2D eigenvalue weighted by atomic mass is 16.6. The van der Waals surface area contributed by atoms with Crippen LogP contribution in [-0.4, -0.2) is 17.4 Å². The number of benzene rings is 1. The third-order valence-corrected chi connectivity index (χ3v) is 3.76. The largest absolute Gasteiger partial charge is 0.393 e. The summed E-state index contributed by atoms with van der Waals surface area (Å²) >= 11 is 0. The second kappa shape index (κ2) is 5.90. The molecule has 0 atom stereocenters. The zero-order valence-corrected chi connectivity index (χ0v) is 12.3. The summed E-state index contributed by atoms with van der Waals surface area (Å²) in [6.07, 6.45) is 0. The molecule has 110 valence electrons. The molecule has 3 N–H and O–H groups in total. The van der Waals surface area contributed by atoms with Crippen molar-refractivity contribution in [2.75, 3.05) is 12.3 Å². The smallest absolute Gasteiger partial charge is 0.292 e. The average molecular weight is 279 g/mol. The first kappa shape index (κ1) is 15.9. The molecule has 0 heterocycles. The van der Waals surface area contributed by atoms with Gasteiger partial charge in [-0.1, -0.05) is 27.7 Å². The summed E-state index contributed by atoms with van der Waals surface area (Å²) in [6, 6.07) is 4.06. The summed E-state index contributed by atoms with van der Waals surface area (Å²) in [5.74, 6) is 0.0744. The van der Waals surface area contributed by atoms with Gasteiger partial charge in [-0.15, -0.1) is 0 Å². The van der Waals surface area contributed by atoms with Crippen molar-refractivity contribution in [3.8, 4) is 0 Å². The normalized spacial score (nSPS) is 11.4. The van der Waals surface area contributed by atoms with Crippen molar-refractivity contribution in [1.29, 1.82) is 0 Å². The van der Waals surface area contributed by atoms with Crippen LogP contribution in [0.25, 0.3) is 0 Å². The van der Waals surface area contributed by atoms with Gasteiger partial charge in [-0.2, -0.15) is 0 Å². The minimum Gasteiger partial charge on any atom is -0.393 e. The summed E-state index contributed by atoms with van der Waals surface area (Å²) < 4.78 is 0. The van der Waals surface area contributed by atoms with Crippen LogP contribution in [-0.2, 0) is 0 Å². The summed E-state index contributed by atoms with van der Waals surface area (Å²) in [4.78, 5) is 22.2. The molecule has 0 saturated heterocycles. The van der Waals surface area contributed by atoms with Crippen molar-refractivity contribution in [3.63, 3.8) is 0 Å². The van der Waals surface area contributed by atoms with Crippen molar-refractivity contribution in [2.24, 2.45) is 11.3 Å². The fourth-order valence-corrected chi connectivity index (χ4v) is 1.46. The van der Waals surface area contributed by atoms with Crippen molar-refractivity contribution in [2.45, 2.75) is 27.7 Å². The number of amides is 1. The lowest BCUT2D eigenvalue weighted by molar-refractivity contribution is -0.383. The zero-order valence-electron chi connectivity index (χ0n) is 12.3. The molecule has 0 radical (unpaired) electrons. The van der Waals surface area contributed by atoms with Gasteiger partial charge >= 0.3 is 0 Å². The Labute approximate surface area is 118 Å². The molecule has 0 fully saturated rings. The molecule has 0 aliphatic carbocycles. The summed E-state index contributed by atoms with van der Waals surface area (Å²) in [5.41, 5.74) is 5.50. The monoisotopic (exact) mass is 279 g/mol. The van der Waals surface area contributed by atoms with Crippen LogP contribution in [0.5, 0.6) is 0 Å². The Kier molecular flexibility index (Phi) is 4.70. The first-order valence-corrected chi connectivity index (χ1v) is 6.47. The van der Waals surface area contributed by atoms with Gasteiger partial charge in [0, 0.05) is 18.2 Å². The fourth-order valence-electron chi connectivity index (χ4n) is 1.46. The van der Waals surface area contributed by atoms with Gasteiger partial charge in [0.25, 0.3) is 11.6 Å². The number of nitro groups is 1. The summed E-state index contributed by atoms with van der Waals surface area (Å²) in [5, 5.41) is 13.6. The van der Waals surface area contributed by atoms with Crippen LogP contribution in [0.3, 0.4) is 0 Å². The molecule has 1 rings (SSSR count). The van der Waals surface area contributed by atoms with E-state index in [0.29, 0.717) is 12.5 Å². The van der Waals surface area contributed by atoms with Gasteiger partial charge in [-0.05, 0) is 23.5 Å². The van der Waals surface area contributed by atoms with E-state index in [-0.39, 0.29) is 28.3 Å². The molecule has 0 saturated carbocycles. The molecule has 1 aromatic carbocycles. The number of carbonyl (C=O) groups excluding carboxylic acids is 1. The second-order valence-electron chi connectivity index (χ2n) is 5.86. The van der Waals surface area contributed by atoms with Gasteiger partial charge in [0.2, 0.25) is 0 Å². The third kappa shape index (κ3) is 3.69. The predicted molar refractivity (Wildman–Crippen MR) is 78.5 cm³/mol. The van der Waals surface area contributed by atoms with E-state index in [2.05, 4.69) is 33.0 Å². The molecular formula is C14H21N3O3. The van der Waals surface area contributed by atoms with Gasteiger partial charge in [-0.25, -0.2) is 0 Å². The maximum atomic E-state index is 12.0. The topological polar surface area (TPSA) is 98.3 Å². The van der Waals surface area contributed by atoms with E-state index in [1.165, 1.54) is 18.2 Å². The van der Waals surface area contributed by atoms with E-state index < -0.39 is 4.92 Å². The predicted octanol–water partition coefficient (Wildman–Crippen LogP) is 2.59. The molecule has 0 aromatic heterocycles. The standard InChI is InChI=1S/C14H21N3O3/c1-9(2)14(3,4)8-16-13(18)10-5-6-11(15)12(7-10)17(19)20/h5-7,9H,8,15H2,1-4H3,(H,16,18). The average Bonchev–Trinajstić information content (AvgIpc) is 2.36. The van der Waals surface area contributed by atoms with E-state index in [1.54, 1.807) is 0 Å². The first-order chi connectivity index (χ1) is 9.15. The number of nitro benzene ring substituents is 1. The SMILES string of the molecule is CC(C)C(C)(C)CNC(=O)c1ccc(N)c([N+](=O)[O-])c1. The number of hydrogen-bond donors (Lipinski definition) is 2. The molecule has 0 bridgehead atoms. The first-order valence-electron chi connectivity index (χ1n) is 6.47. The highest BCUT2D eigenvalue weighted by Crippen LogP contribution is 2.25. The van der Waals surface area contributed by atoms with Gasteiger partial charge in [0.1, 0.15) is 5.69 Å². The molecule has 0 unspecified atom stereocenters. The van der Waals surface area contributed by atoms with Crippen LogP contribution >= 0.6 is 0 Å². The van der Waals surface area contributed by atoms with Crippen LogP contribution in [0.15, 0.2) is 18.2 Å². The summed E-state index contributed by atoms with van der Waals surface area (Å²) in [7, 11) is 0. The van der Waals surface area contributed by atoms with E-state index >= 15 is 0 Å². The minimum absolute atomic E-state index is 0.0462. The number of carbonyl (C=O) groups is 1. The Morgan fingerprint density at radius 3 is 2.55 bits per heavy atom. The Morgan fingerprint density at radius 2 is 2.05 bits per heavy atom. The second-order valence-corrected chi connectivity index (χ2v) is 5.86. The van der Waals surface area contributed by atoms with Crippen LogP contribution in [0, 0.1) is 21.4 Å². The van der Waals surface area contributed by atoms with E-state index in [0.717, 1.165) is 0 Å². The lowest BCUT2D eigenvalue weighted by Crippen LogP contribution is -2.37. The van der Waals surface area contributed by atoms with Crippen LogP contribution in [0.1, 0.15) is 38.1 Å². The van der Waals surface area contributed by atoms with Gasteiger partial charge < -0.3 is 11.1 Å². The van der Waals surface area contributed by atoms with Crippen LogP contribution in [0.2, 0.25) is 0 Å². The Bertz CT molecular complexity index is 524. The maximum absolute atomic E-state index is 12.0. The number of rotatable bonds is 5. The van der Waals surface area contributed by atoms with Crippen LogP contribution < -0.4 is 11.1 Å². The molecular weight excluding hydrogens is 258 g/mol. The Morgan fingerprint density at radius 1 is 1.45 bits per heavy atom. The van der Waals surface area contributed by atoms with Crippen LogP contribution in [0.4, 0.5) is 11.4 Å². The number of anilines is 1. The minimum atomic E-state index is -0.593. The van der Waals surface area contributed by atoms with Gasteiger partial charge in [-0.3, -0.25) is 14.9 Å². The van der Waals surface area contributed by atoms with Crippen molar-refractivity contribution in [1.82, 2.24) is 5.32 Å². The highest BCUT2D eigenvalue weighted by Gasteiger charge is 2.23. The fraction of sp³-hybridized carbons (Fsp3) is 0.500. The quantitative estimate of drug-likeness (QED) is 0.491. The molecule has 20 heavy (non-hydrogen) atoms. The van der Waals surface area contributed by atoms with Gasteiger partial charge in [0.05, 0.1) is 4.92 Å². The lowest BCUT2D eigenvalue weighted by Gasteiger charge is -2.29. The number of nitrogens with two attached hydrogens (primary N) is 1. The molecule has 1 amide bonds. The number of nitrogen functional groups attached to an aromatic ring is 1. The molecule has 0 spiro atoms. The van der Waals surface area contributed by atoms with Crippen molar-refractivity contribution >= 4 is 17.3 Å². The van der Waals surface area contributed by atoms with Crippen molar-refractivity contribution in [3.05, 3.63) is 33.9 Å². The van der Waals surface area contributed by atoms with Gasteiger partial charge in [0.15, 0.2) is 0 Å². The third-order valence-electron chi connectivity index (χ3n) is 3.76. The number of nitrogens with zero attached hydrogens (tertiary/aromatic N) is 1. The van der Waals surface area contributed by atoms with E-state index in [1.807, 2.05) is 0 Å². The highest BCUT2D eigenvalue weighted by molar-refractivity contribution is 5.95. The molecule has 0 aliphatic rings. The number of nitrogens with one attached hydrogen (secondary N) is 1. The Balaban J connectivity index is 2.84. The van der Waals surface area contributed by atoms with Crippen molar-refractivity contribution < 1.29 is 9.72 Å². The summed E-state index contributed by atoms with van der Waals surface area (Å²) in [6.45, 7) is 8.79. The lowest BCUT2D eigenvalue weighted by atomic mass is 9.81. The van der Waals surface area contributed by atoms with E-state index in [9.17, 15) is 14.9 Å². The molecule has 6 nitrogen and oxygen atoms in total. The molecule has 1 aromatic rings. The maximum Gasteiger partial charge on any atom is 0.292 e.